The van der Waals surface area contributed by atoms with Gasteiger partial charge in [0.15, 0.2) is 0 Å². The molecule has 2 unspecified atom stereocenters. The number of hydrogen-bond donors (Lipinski definition) is 1. The molecule has 0 heterocycles. The van der Waals surface area contributed by atoms with Gasteiger partial charge < -0.3 is 5.32 Å². The molecule has 16 heavy (non-hydrogen) atoms. The lowest BCUT2D eigenvalue weighted by molar-refractivity contribution is 0.489. The maximum absolute atomic E-state index is 6.21. The summed E-state index contributed by atoms with van der Waals surface area (Å²) in [5, 5.41) is 4.39. The molecule has 1 N–H and O–H groups in total. The summed E-state index contributed by atoms with van der Waals surface area (Å²) in [4.78, 5) is 0. The van der Waals surface area contributed by atoms with Gasteiger partial charge in [-0.1, -0.05) is 47.3 Å². The van der Waals surface area contributed by atoms with Crippen molar-refractivity contribution < 1.29 is 0 Å². The van der Waals surface area contributed by atoms with Crippen LogP contribution in [0.5, 0.6) is 0 Å². The number of nitrogens with one attached hydrogen (secondary N) is 1. The summed E-state index contributed by atoms with van der Waals surface area (Å²) in [6.45, 7) is 2.27. The molecule has 1 aromatic rings. The van der Waals surface area contributed by atoms with Gasteiger partial charge in [-0.3, -0.25) is 0 Å². The first-order valence-corrected chi connectivity index (χ1v) is 7.09. The molecule has 3 heteroatoms. The lowest BCUT2D eigenvalue weighted by atomic mass is 10.0. The van der Waals surface area contributed by atoms with Gasteiger partial charge in [-0.2, -0.15) is 0 Å². The average Bonchev–Trinajstić information content (AvgIpc) is 2.69. The highest BCUT2D eigenvalue weighted by atomic mass is 79.9. The second kappa shape index (κ2) is 5.42. The lowest BCUT2D eigenvalue weighted by Crippen LogP contribution is -2.23. The molecule has 0 aliphatic heterocycles. The van der Waals surface area contributed by atoms with E-state index in [1.54, 1.807) is 0 Å². The monoisotopic (exact) mass is 301 g/mol. The number of rotatable bonds is 3. The molecule has 1 fully saturated rings. The summed E-state index contributed by atoms with van der Waals surface area (Å²) in [5.41, 5.74) is 1.07. The highest BCUT2D eigenvalue weighted by Crippen LogP contribution is 2.33. The summed E-state index contributed by atoms with van der Waals surface area (Å²) in [6.07, 6.45) is 5.21. The predicted octanol–water partition coefficient (Wildman–Crippen LogP) is 5.09. The Bertz CT molecular complexity index is 367. The molecule has 0 radical (unpaired) electrons. The standard InChI is InChI=1S/C13H17BrClN/c1-2-9-4-3-5-12(9)16-13-7-6-10(14)8-11(13)15/h6-9,12,16H,2-5H2,1H3. The second-order valence-corrected chi connectivity index (χ2v) is 5.80. The van der Waals surface area contributed by atoms with Gasteiger partial charge in [0.1, 0.15) is 0 Å². The van der Waals surface area contributed by atoms with Crippen LogP contribution in [0.4, 0.5) is 5.69 Å². The quantitative estimate of drug-likeness (QED) is 0.819. The maximum Gasteiger partial charge on any atom is 0.0648 e. The molecule has 0 saturated heterocycles. The summed E-state index contributed by atoms with van der Waals surface area (Å²) < 4.78 is 1.03. The van der Waals surface area contributed by atoms with Crippen LogP contribution in [0.15, 0.2) is 22.7 Å². The molecule has 0 spiro atoms. The molecule has 1 saturated carbocycles. The number of hydrogen-bond acceptors (Lipinski definition) is 1. The van der Waals surface area contributed by atoms with Gasteiger partial charge in [0, 0.05) is 10.5 Å². The topological polar surface area (TPSA) is 12.0 Å². The van der Waals surface area contributed by atoms with E-state index in [0.29, 0.717) is 6.04 Å². The summed E-state index contributed by atoms with van der Waals surface area (Å²) >= 11 is 9.63. The van der Waals surface area contributed by atoms with Crippen molar-refractivity contribution in [3.63, 3.8) is 0 Å². The Balaban J connectivity index is 2.08. The van der Waals surface area contributed by atoms with E-state index < -0.39 is 0 Å². The van der Waals surface area contributed by atoms with Crippen molar-refractivity contribution in [2.45, 2.75) is 38.6 Å². The van der Waals surface area contributed by atoms with E-state index in [4.69, 9.17) is 11.6 Å². The van der Waals surface area contributed by atoms with Gasteiger partial charge in [-0.05, 0) is 37.0 Å². The molecule has 1 nitrogen and oxygen atoms in total. The van der Waals surface area contributed by atoms with Crippen molar-refractivity contribution in [2.75, 3.05) is 5.32 Å². The Labute approximate surface area is 111 Å². The molecular weight excluding hydrogens is 286 g/mol. The van der Waals surface area contributed by atoms with E-state index in [9.17, 15) is 0 Å². The highest BCUT2D eigenvalue weighted by molar-refractivity contribution is 9.10. The zero-order chi connectivity index (χ0) is 11.5. The molecule has 88 valence electrons. The van der Waals surface area contributed by atoms with Gasteiger partial charge in [-0.15, -0.1) is 0 Å². The smallest absolute Gasteiger partial charge is 0.0648 e. The number of anilines is 1. The third-order valence-electron chi connectivity index (χ3n) is 3.46. The van der Waals surface area contributed by atoms with E-state index in [2.05, 4.69) is 34.2 Å². The van der Waals surface area contributed by atoms with Crippen LogP contribution in [0.3, 0.4) is 0 Å². The Morgan fingerprint density at radius 2 is 2.25 bits per heavy atom. The lowest BCUT2D eigenvalue weighted by Gasteiger charge is -2.21. The van der Waals surface area contributed by atoms with Crippen LogP contribution < -0.4 is 5.32 Å². The van der Waals surface area contributed by atoms with Gasteiger partial charge >= 0.3 is 0 Å². The number of halogens is 2. The Morgan fingerprint density at radius 3 is 2.94 bits per heavy atom. The molecule has 1 aliphatic carbocycles. The fraction of sp³-hybridized carbons (Fsp3) is 0.538. The number of benzene rings is 1. The van der Waals surface area contributed by atoms with E-state index >= 15 is 0 Å². The third kappa shape index (κ3) is 2.72. The van der Waals surface area contributed by atoms with E-state index in [-0.39, 0.29) is 0 Å². The molecule has 0 aromatic heterocycles. The van der Waals surface area contributed by atoms with Crippen molar-refractivity contribution in [3.8, 4) is 0 Å². The first-order valence-electron chi connectivity index (χ1n) is 5.92. The summed E-state index contributed by atoms with van der Waals surface area (Å²) in [7, 11) is 0. The largest absolute Gasteiger partial charge is 0.381 e. The van der Waals surface area contributed by atoms with Gasteiger partial charge in [0.2, 0.25) is 0 Å². The first-order chi connectivity index (χ1) is 7.70. The van der Waals surface area contributed by atoms with Crippen molar-refractivity contribution >= 4 is 33.2 Å². The van der Waals surface area contributed by atoms with Crippen LogP contribution in [-0.2, 0) is 0 Å². The van der Waals surface area contributed by atoms with E-state index in [1.165, 1.54) is 25.7 Å². The van der Waals surface area contributed by atoms with Crippen molar-refractivity contribution in [3.05, 3.63) is 27.7 Å². The predicted molar refractivity (Wildman–Crippen MR) is 74.2 cm³/mol. The first kappa shape index (κ1) is 12.3. The van der Waals surface area contributed by atoms with E-state index in [0.717, 1.165) is 21.1 Å². The Hall–Kier alpha value is -0.210. The minimum atomic E-state index is 0.601. The molecule has 2 rings (SSSR count). The zero-order valence-electron chi connectivity index (χ0n) is 9.47. The fourth-order valence-corrected chi connectivity index (χ4v) is 3.25. The molecule has 0 bridgehead atoms. The zero-order valence-corrected chi connectivity index (χ0v) is 11.8. The van der Waals surface area contributed by atoms with Crippen molar-refractivity contribution in [2.24, 2.45) is 5.92 Å². The Kier molecular flexibility index (Phi) is 4.15. The molecule has 2 atom stereocenters. The summed E-state index contributed by atoms with van der Waals surface area (Å²) in [5.74, 6) is 0.805. The minimum absolute atomic E-state index is 0.601. The average molecular weight is 303 g/mol. The molecular formula is C13H17BrClN. The SMILES string of the molecule is CCC1CCCC1Nc1ccc(Br)cc1Cl. The Morgan fingerprint density at radius 1 is 1.44 bits per heavy atom. The normalized spacial score (nSPS) is 24.7. The van der Waals surface area contributed by atoms with Gasteiger partial charge in [-0.25, -0.2) is 0 Å². The van der Waals surface area contributed by atoms with E-state index in [1.807, 2.05) is 12.1 Å². The molecule has 0 amide bonds. The van der Waals surface area contributed by atoms with Crippen molar-refractivity contribution in [1.82, 2.24) is 0 Å². The van der Waals surface area contributed by atoms with Crippen LogP contribution in [-0.4, -0.2) is 6.04 Å². The van der Waals surface area contributed by atoms with Crippen molar-refractivity contribution in [1.29, 1.82) is 0 Å². The highest BCUT2D eigenvalue weighted by Gasteiger charge is 2.25. The minimum Gasteiger partial charge on any atom is -0.381 e. The summed E-state index contributed by atoms with van der Waals surface area (Å²) in [6, 6.07) is 6.63. The van der Waals surface area contributed by atoms with Gasteiger partial charge in [0.05, 0.1) is 10.7 Å². The third-order valence-corrected chi connectivity index (χ3v) is 4.26. The van der Waals surface area contributed by atoms with Gasteiger partial charge in [0.25, 0.3) is 0 Å². The second-order valence-electron chi connectivity index (χ2n) is 4.47. The van der Waals surface area contributed by atoms with Crippen LogP contribution in [0.1, 0.15) is 32.6 Å². The maximum atomic E-state index is 6.21. The molecule has 1 aliphatic rings. The van der Waals surface area contributed by atoms with Crippen LogP contribution in [0.2, 0.25) is 5.02 Å². The van der Waals surface area contributed by atoms with Crippen LogP contribution in [0.25, 0.3) is 0 Å². The van der Waals surface area contributed by atoms with Crippen LogP contribution in [0, 0.1) is 5.92 Å². The fourth-order valence-electron chi connectivity index (χ4n) is 2.52. The molecule has 1 aromatic carbocycles. The van der Waals surface area contributed by atoms with Crippen LogP contribution >= 0.6 is 27.5 Å².